The fourth-order valence-electron chi connectivity index (χ4n) is 4.48. The average Bonchev–Trinajstić information content (AvgIpc) is 3.07. The summed E-state index contributed by atoms with van der Waals surface area (Å²) in [6.07, 6.45) is 4.54. The predicted molar refractivity (Wildman–Crippen MR) is 113 cm³/mol. The lowest BCUT2D eigenvalue weighted by Gasteiger charge is -2.41. The number of hydrogen-bond acceptors (Lipinski definition) is 4. The van der Waals surface area contributed by atoms with E-state index in [0.717, 1.165) is 56.6 Å². The number of aryl methyl sites for hydroxylation is 1. The second-order valence-corrected chi connectivity index (χ2v) is 7.97. The molecule has 0 aliphatic carbocycles. The number of amides is 3. The number of carbonyl (C=O) groups excluding carboxylic acids is 3. The van der Waals surface area contributed by atoms with E-state index in [1.54, 1.807) is 0 Å². The lowest BCUT2D eigenvalue weighted by molar-refractivity contribution is -0.140. The molecule has 29 heavy (non-hydrogen) atoms. The minimum absolute atomic E-state index is 0. The van der Waals surface area contributed by atoms with Crippen molar-refractivity contribution in [3.05, 3.63) is 29.3 Å². The number of anilines is 1. The van der Waals surface area contributed by atoms with Crippen molar-refractivity contribution in [1.82, 2.24) is 15.1 Å². The molecule has 1 atom stereocenters. The van der Waals surface area contributed by atoms with Crippen molar-refractivity contribution in [2.24, 2.45) is 0 Å². The van der Waals surface area contributed by atoms with Crippen LogP contribution < -0.4 is 10.6 Å². The van der Waals surface area contributed by atoms with E-state index >= 15 is 0 Å². The Kier molecular flexibility index (Phi) is 7.14. The molecule has 1 aromatic rings. The number of nitrogens with one attached hydrogen (secondary N) is 2. The molecule has 3 amide bonds. The summed E-state index contributed by atoms with van der Waals surface area (Å²) in [5, 5.41) is 5.95. The first kappa shape index (κ1) is 21.6. The van der Waals surface area contributed by atoms with Crippen LogP contribution in [0.25, 0.3) is 0 Å². The van der Waals surface area contributed by atoms with Crippen molar-refractivity contribution < 1.29 is 14.4 Å². The van der Waals surface area contributed by atoms with E-state index in [2.05, 4.69) is 16.7 Å². The zero-order valence-corrected chi connectivity index (χ0v) is 17.4. The molecule has 1 unspecified atom stereocenters. The molecular formula is C21H29ClN4O3. The van der Waals surface area contributed by atoms with Gasteiger partial charge in [-0.15, -0.1) is 12.4 Å². The number of halogens is 1. The number of hydrogen-bond donors (Lipinski definition) is 2. The van der Waals surface area contributed by atoms with Gasteiger partial charge in [0.25, 0.3) is 0 Å². The summed E-state index contributed by atoms with van der Waals surface area (Å²) < 4.78 is 0. The summed E-state index contributed by atoms with van der Waals surface area (Å²) in [5.41, 5.74) is 3.13. The standard InChI is InChI=1S/C21H28N4O3.ClH/c26-19-12-16-11-15(6-7-18(16)23-19)3-1-5-20(27)24-9-2-4-17(14-24)25-10-8-22-13-21(25)28;/h6-7,11,17,22H,1-5,8-10,12-14H2,(H,23,26);1H. The van der Waals surface area contributed by atoms with E-state index in [4.69, 9.17) is 0 Å². The number of piperazine rings is 1. The molecule has 0 saturated carbocycles. The summed E-state index contributed by atoms with van der Waals surface area (Å²) in [6, 6.07) is 6.22. The normalized spacial score (nSPS) is 21.4. The van der Waals surface area contributed by atoms with Gasteiger partial charge in [-0.25, -0.2) is 0 Å². The van der Waals surface area contributed by atoms with Gasteiger partial charge in [0.1, 0.15) is 0 Å². The number of likely N-dealkylation sites (tertiary alicyclic amines) is 1. The van der Waals surface area contributed by atoms with E-state index < -0.39 is 0 Å². The summed E-state index contributed by atoms with van der Waals surface area (Å²) in [7, 11) is 0. The Labute approximate surface area is 177 Å². The third-order valence-corrected chi connectivity index (χ3v) is 5.97. The molecule has 0 aromatic heterocycles. The van der Waals surface area contributed by atoms with Crippen LogP contribution in [0, 0.1) is 0 Å². The van der Waals surface area contributed by atoms with Gasteiger partial charge in [0.2, 0.25) is 17.7 Å². The Hall–Kier alpha value is -2.12. The van der Waals surface area contributed by atoms with Crippen LogP contribution >= 0.6 is 12.4 Å². The quantitative estimate of drug-likeness (QED) is 0.753. The largest absolute Gasteiger partial charge is 0.341 e. The molecule has 3 aliphatic rings. The highest BCUT2D eigenvalue weighted by molar-refractivity contribution is 5.99. The fourth-order valence-corrected chi connectivity index (χ4v) is 4.48. The van der Waals surface area contributed by atoms with Crippen LogP contribution in [0.15, 0.2) is 18.2 Å². The van der Waals surface area contributed by atoms with Crippen molar-refractivity contribution >= 4 is 35.8 Å². The average molecular weight is 421 g/mol. The molecule has 0 bridgehead atoms. The number of carbonyl (C=O) groups is 3. The van der Waals surface area contributed by atoms with E-state index in [1.807, 2.05) is 21.9 Å². The SMILES string of the molecule is Cl.O=C1Cc2cc(CCCC(=O)N3CCCC(N4CCNCC4=O)C3)ccc2N1. The molecule has 2 fully saturated rings. The lowest BCUT2D eigenvalue weighted by atomic mass is 10.0. The molecule has 4 rings (SSSR count). The molecule has 0 radical (unpaired) electrons. The number of nitrogens with zero attached hydrogens (tertiary/aromatic N) is 2. The Balaban J connectivity index is 0.00000240. The van der Waals surface area contributed by atoms with Crippen molar-refractivity contribution in [1.29, 1.82) is 0 Å². The molecule has 8 heteroatoms. The second-order valence-electron chi connectivity index (χ2n) is 7.97. The van der Waals surface area contributed by atoms with Crippen LogP contribution in [0.2, 0.25) is 0 Å². The van der Waals surface area contributed by atoms with E-state index in [9.17, 15) is 14.4 Å². The first-order valence-electron chi connectivity index (χ1n) is 10.3. The molecule has 2 N–H and O–H groups in total. The van der Waals surface area contributed by atoms with Crippen molar-refractivity contribution in [2.45, 2.75) is 44.6 Å². The van der Waals surface area contributed by atoms with Crippen molar-refractivity contribution in [2.75, 3.05) is 38.0 Å². The third kappa shape index (κ3) is 5.08. The van der Waals surface area contributed by atoms with Gasteiger partial charge < -0.3 is 20.4 Å². The fraction of sp³-hybridized carbons (Fsp3) is 0.571. The maximum Gasteiger partial charge on any atom is 0.236 e. The van der Waals surface area contributed by atoms with Gasteiger partial charge in [0.05, 0.1) is 13.0 Å². The van der Waals surface area contributed by atoms with Crippen molar-refractivity contribution in [3.8, 4) is 0 Å². The smallest absolute Gasteiger partial charge is 0.236 e. The monoisotopic (exact) mass is 420 g/mol. The van der Waals surface area contributed by atoms with Crippen LogP contribution in [0.5, 0.6) is 0 Å². The number of fused-ring (bicyclic) bond motifs is 1. The van der Waals surface area contributed by atoms with Crippen LogP contribution in [0.4, 0.5) is 5.69 Å². The molecule has 2 saturated heterocycles. The summed E-state index contributed by atoms with van der Waals surface area (Å²) in [5.74, 6) is 0.380. The van der Waals surface area contributed by atoms with Gasteiger partial charge in [-0.05, 0) is 42.9 Å². The minimum Gasteiger partial charge on any atom is -0.341 e. The molecule has 3 heterocycles. The van der Waals surface area contributed by atoms with Gasteiger partial charge in [0.15, 0.2) is 0 Å². The summed E-state index contributed by atoms with van der Waals surface area (Å²) in [6.45, 7) is 3.44. The zero-order chi connectivity index (χ0) is 19.5. The predicted octanol–water partition coefficient (Wildman–Crippen LogP) is 1.35. The van der Waals surface area contributed by atoms with Crippen LogP contribution in [0.1, 0.15) is 36.8 Å². The molecule has 158 valence electrons. The Morgan fingerprint density at radius 2 is 2.07 bits per heavy atom. The zero-order valence-electron chi connectivity index (χ0n) is 16.6. The highest BCUT2D eigenvalue weighted by atomic mass is 35.5. The number of benzene rings is 1. The van der Waals surface area contributed by atoms with E-state index in [-0.39, 0.29) is 36.2 Å². The summed E-state index contributed by atoms with van der Waals surface area (Å²) in [4.78, 5) is 40.2. The van der Waals surface area contributed by atoms with Gasteiger partial charge in [-0.2, -0.15) is 0 Å². The maximum atomic E-state index is 12.7. The topological polar surface area (TPSA) is 81.8 Å². The second kappa shape index (κ2) is 9.59. The molecule has 1 aromatic carbocycles. The highest BCUT2D eigenvalue weighted by Gasteiger charge is 2.31. The number of rotatable bonds is 5. The Morgan fingerprint density at radius 3 is 2.90 bits per heavy atom. The highest BCUT2D eigenvalue weighted by Crippen LogP contribution is 2.25. The van der Waals surface area contributed by atoms with Crippen LogP contribution in [-0.2, 0) is 27.2 Å². The molecule has 0 spiro atoms. The van der Waals surface area contributed by atoms with E-state index in [1.165, 1.54) is 5.56 Å². The van der Waals surface area contributed by atoms with E-state index in [0.29, 0.717) is 25.9 Å². The van der Waals surface area contributed by atoms with Gasteiger partial charge >= 0.3 is 0 Å². The first-order chi connectivity index (χ1) is 13.6. The third-order valence-electron chi connectivity index (χ3n) is 5.97. The Bertz CT molecular complexity index is 785. The van der Waals surface area contributed by atoms with Gasteiger partial charge in [-0.3, -0.25) is 14.4 Å². The lowest BCUT2D eigenvalue weighted by Crippen LogP contribution is -2.57. The number of piperidine rings is 1. The van der Waals surface area contributed by atoms with Gasteiger partial charge in [-0.1, -0.05) is 12.1 Å². The molecule has 3 aliphatic heterocycles. The minimum atomic E-state index is 0. The van der Waals surface area contributed by atoms with Gasteiger partial charge in [0, 0.05) is 44.3 Å². The Morgan fingerprint density at radius 1 is 1.21 bits per heavy atom. The molecular weight excluding hydrogens is 392 g/mol. The first-order valence-corrected chi connectivity index (χ1v) is 10.3. The van der Waals surface area contributed by atoms with Crippen molar-refractivity contribution in [3.63, 3.8) is 0 Å². The summed E-state index contributed by atoms with van der Waals surface area (Å²) >= 11 is 0. The van der Waals surface area contributed by atoms with Crippen LogP contribution in [0.3, 0.4) is 0 Å². The maximum absolute atomic E-state index is 12.7. The molecule has 7 nitrogen and oxygen atoms in total. The van der Waals surface area contributed by atoms with Crippen LogP contribution in [-0.4, -0.2) is 66.3 Å².